The van der Waals surface area contributed by atoms with Crippen LogP contribution in [-0.2, 0) is 49.4 Å². The van der Waals surface area contributed by atoms with Gasteiger partial charge >= 0.3 is 24.0 Å². The number of piperidine rings is 1. The number of alkyl carbamates (subject to hydrolysis) is 1. The molecule has 0 radical (unpaired) electrons. The van der Waals surface area contributed by atoms with Crippen LogP contribution in [-0.4, -0.2) is 97.7 Å². The van der Waals surface area contributed by atoms with Gasteiger partial charge in [-0.2, -0.15) is 0 Å². The van der Waals surface area contributed by atoms with Gasteiger partial charge in [-0.1, -0.05) is 73.3 Å². The number of amides is 3. The first-order valence-electron chi connectivity index (χ1n) is 21.9. The zero-order valence-electron chi connectivity index (χ0n) is 37.9. The van der Waals surface area contributed by atoms with E-state index < -0.39 is 71.6 Å². The van der Waals surface area contributed by atoms with Crippen molar-refractivity contribution < 1.29 is 62.4 Å². The Hall–Kier alpha value is -7.49. The second-order valence-electron chi connectivity index (χ2n) is 16.9. The maximum Gasteiger partial charge on any atom is 0.407 e. The Balaban J connectivity index is 1.19. The number of esters is 2. The molecule has 3 amide bonds. The number of carboxylic acids is 1. The molecule has 3 atom stereocenters. The van der Waals surface area contributed by atoms with Crippen LogP contribution in [0.25, 0.3) is 11.1 Å². The highest BCUT2D eigenvalue weighted by Crippen LogP contribution is 2.44. The molecule has 0 spiro atoms. The van der Waals surface area contributed by atoms with E-state index in [4.69, 9.17) is 23.7 Å². The van der Waals surface area contributed by atoms with Crippen molar-refractivity contribution in [3.63, 3.8) is 0 Å². The molecular formula is C51H55N3O13. The lowest BCUT2D eigenvalue weighted by atomic mass is 9.87. The van der Waals surface area contributed by atoms with Crippen LogP contribution < -0.4 is 20.1 Å². The fraction of sp³-hybridized carbons (Fsp3) is 0.353. The van der Waals surface area contributed by atoms with E-state index in [2.05, 4.69) is 17.2 Å². The summed E-state index contributed by atoms with van der Waals surface area (Å²) in [6.45, 7) is 5.98. The van der Waals surface area contributed by atoms with Crippen molar-refractivity contribution in [1.29, 1.82) is 0 Å². The summed E-state index contributed by atoms with van der Waals surface area (Å²) in [6, 6.07) is 24.7. The number of anilines is 1. The van der Waals surface area contributed by atoms with E-state index in [0.717, 1.165) is 33.9 Å². The molecule has 0 saturated carbocycles. The molecule has 67 heavy (non-hydrogen) atoms. The molecule has 16 heteroatoms. The van der Waals surface area contributed by atoms with Gasteiger partial charge in [-0.3, -0.25) is 19.2 Å². The Morgan fingerprint density at radius 3 is 2.19 bits per heavy atom. The van der Waals surface area contributed by atoms with Crippen LogP contribution in [0.3, 0.4) is 0 Å². The highest BCUT2D eigenvalue weighted by molar-refractivity contribution is 6.38. The maximum absolute atomic E-state index is 14.2. The minimum atomic E-state index is -1.54. The molecule has 2 unspecified atom stereocenters. The molecule has 16 nitrogen and oxygen atoms in total. The van der Waals surface area contributed by atoms with E-state index in [1.165, 1.54) is 33.0 Å². The number of Topliss-reactive ketones (excluding diaryl/α,β-unsaturated/α-hetero) is 1. The van der Waals surface area contributed by atoms with E-state index in [-0.39, 0.29) is 44.2 Å². The smallest absolute Gasteiger partial charge is 0.407 e. The van der Waals surface area contributed by atoms with Crippen LogP contribution in [0.5, 0.6) is 11.5 Å². The van der Waals surface area contributed by atoms with E-state index in [9.17, 15) is 38.7 Å². The number of benzene rings is 4. The van der Waals surface area contributed by atoms with E-state index in [1.54, 1.807) is 36.4 Å². The zero-order valence-corrected chi connectivity index (χ0v) is 37.9. The van der Waals surface area contributed by atoms with Crippen molar-refractivity contribution in [2.75, 3.05) is 39.3 Å². The molecule has 1 heterocycles. The second-order valence-corrected chi connectivity index (χ2v) is 16.9. The number of nitrogens with zero attached hydrogens (tertiary/aromatic N) is 1. The largest absolute Gasteiger partial charge is 0.493 e. The number of hydrogen-bond donors (Lipinski definition) is 3. The molecule has 352 valence electrons. The fourth-order valence-corrected chi connectivity index (χ4v) is 8.27. The van der Waals surface area contributed by atoms with Crippen LogP contribution in [0.15, 0.2) is 104 Å². The molecule has 1 fully saturated rings. The number of ketones is 1. The van der Waals surface area contributed by atoms with Crippen molar-refractivity contribution in [2.45, 2.75) is 76.5 Å². The third kappa shape index (κ3) is 12.1. The number of aryl methyl sites for hydroxylation is 1. The predicted molar refractivity (Wildman–Crippen MR) is 245 cm³/mol. The third-order valence-electron chi connectivity index (χ3n) is 11.8. The SMILES string of the molecule is C=CC(=O)OCC(C)(C)C(=O)C(=O)N1CCCC[C@H]1C(=O)OC(CCc1ccc(OC)c(OC)c1)c1cccc(NC(=O)C(CC(=O)O)NC(=O)OCC2c3ccccc3-c3ccccc32)c1. The van der Waals surface area contributed by atoms with Gasteiger partial charge in [0.15, 0.2) is 11.5 Å². The zero-order chi connectivity index (χ0) is 48.3. The number of carbonyl (C=O) groups excluding carboxylic acids is 6. The molecule has 1 saturated heterocycles. The van der Waals surface area contributed by atoms with E-state index >= 15 is 0 Å². The molecule has 4 aromatic rings. The number of methoxy groups -OCH3 is 2. The highest BCUT2D eigenvalue weighted by Gasteiger charge is 2.42. The topological polar surface area (TPSA) is 213 Å². The number of hydrogen-bond acceptors (Lipinski definition) is 12. The fourth-order valence-electron chi connectivity index (χ4n) is 8.27. The minimum Gasteiger partial charge on any atom is -0.493 e. The van der Waals surface area contributed by atoms with Gasteiger partial charge in [-0.15, -0.1) is 0 Å². The quantitative estimate of drug-likeness (QED) is 0.0355. The number of aliphatic carboxylic acids is 1. The van der Waals surface area contributed by atoms with Crippen molar-refractivity contribution in [2.24, 2.45) is 5.41 Å². The molecule has 1 aliphatic carbocycles. The molecule has 1 aliphatic heterocycles. The lowest BCUT2D eigenvalue weighted by Crippen LogP contribution is -2.53. The Morgan fingerprint density at radius 1 is 0.851 bits per heavy atom. The summed E-state index contributed by atoms with van der Waals surface area (Å²) in [6.07, 6.45) is 0.185. The normalized spacial score (nSPS) is 15.1. The lowest BCUT2D eigenvalue weighted by Gasteiger charge is -2.36. The average Bonchev–Trinajstić information content (AvgIpc) is 3.66. The Morgan fingerprint density at radius 2 is 1.54 bits per heavy atom. The summed E-state index contributed by atoms with van der Waals surface area (Å²) in [4.78, 5) is 93.3. The average molecular weight is 918 g/mol. The molecular weight excluding hydrogens is 863 g/mol. The molecule has 0 aromatic heterocycles. The van der Waals surface area contributed by atoms with E-state index in [0.29, 0.717) is 36.3 Å². The summed E-state index contributed by atoms with van der Waals surface area (Å²) in [5.74, 6) is -4.68. The third-order valence-corrected chi connectivity index (χ3v) is 11.8. The van der Waals surface area contributed by atoms with E-state index in [1.807, 2.05) is 54.6 Å². The first-order chi connectivity index (χ1) is 32.1. The first kappa shape index (κ1) is 49.0. The van der Waals surface area contributed by atoms with Gasteiger partial charge in [0.1, 0.15) is 31.4 Å². The van der Waals surface area contributed by atoms with Gasteiger partial charge in [-0.25, -0.2) is 14.4 Å². The molecule has 0 bridgehead atoms. The molecule has 2 aliphatic rings. The lowest BCUT2D eigenvalue weighted by molar-refractivity contribution is -0.165. The van der Waals surface area contributed by atoms with Gasteiger partial charge in [0, 0.05) is 24.2 Å². The number of fused-ring (bicyclic) bond motifs is 3. The second kappa shape index (κ2) is 22.1. The van der Waals surface area contributed by atoms with Gasteiger partial charge in [-0.05, 0) is 104 Å². The Labute approximate surface area is 388 Å². The number of ether oxygens (including phenoxy) is 5. The summed E-state index contributed by atoms with van der Waals surface area (Å²) >= 11 is 0. The van der Waals surface area contributed by atoms with Crippen LogP contribution in [0.2, 0.25) is 0 Å². The monoisotopic (exact) mass is 917 g/mol. The van der Waals surface area contributed by atoms with Crippen LogP contribution in [0, 0.1) is 5.41 Å². The van der Waals surface area contributed by atoms with Crippen molar-refractivity contribution in [1.82, 2.24) is 10.2 Å². The predicted octanol–water partition coefficient (Wildman–Crippen LogP) is 6.95. The Kier molecular flexibility index (Phi) is 16.2. The van der Waals surface area contributed by atoms with Crippen LogP contribution in [0.4, 0.5) is 10.5 Å². The highest BCUT2D eigenvalue weighted by atomic mass is 16.6. The molecule has 4 aromatic carbocycles. The maximum atomic E-state index is 14.2. The van der Waals surface area contributed by atoms with Crippen LogP contribution >= 0.6 is 0 Å². The van der Waals surface area contributed by atoms with Crippen molar-refractivity contribution in [3.8, 4) is 22.6 Å². The van der Waals surface area contributed by atoms with Gasteiger partial charge < -0.3 is 44.3 Å². The first-order valence-corrected chi connectivity index (χ1v) is 21.9. The standard InChI is InChI=1S/C51H55N3O13/c1-6-45(57)66-30-51(2,3)46(58)48(60)54-25-12-11-20-40(54)49(61)67-41(23-21-31-22-24-42(63-4)43(26-31)64-5)32-14-13-15-33(27-32)52-47(59)39(28-44(55)56)53-50(62)65-29-38-36-18-9-7-16-34(36)35-17-8-10-19-37(35)38/h6-10,13-19,22,24,26-27,38-41H,1,11-12,20-21,23,25,28-30H2,2-5H3,(H,52,59)(H,53,62)(H,55,56)/t39?,40-,41?/m0/s1. The van der Waals surface area contributed by atoms with Gasteiger partial charge in [0.25, 0.3) is 5.91 Å². The summed E-state index contributed by atoms with van der Waals surface area (Å²) in [5.41, 5.74) is 4.09. The van der Waals surface area contributed by atoms with Crippen molar-refractivity contribution in [3.05, 3.63) is 126 Å². The number of likely N-dealkylation sites (tertiary alicyclic amines) is 1. The summed E-state index contributed by atoms with van der Waals surface area (Å²) in [7, 11) is 3.03. The number of nitrogens with one attached hydrogen (secondary N) is 2. The minimum absolute atomic E-state index is 0.0545. The van der Waals surface area contributed by atoms with Gasteiger partial charge in [0.05, 0.1) is 26.1 Å². The summed E-state index contributed by atoms with van der Waals surface area (Å²) in [5, 5.41) is 14.8. The number of carbonyl (C=O) groups is 7. The van der Waals surface area contributed by atoms with Crippen molar-refractivity contribution >= 4 is 47.3 Å². The molecule has 3 N–H and O–H groups in total. The molecule has 6 rings (SSSR count). The van der Waals surface area contributed by atoms with Gasteiger partial charge in [0.2, 0.25) is 11.7 Å². The number of rotatable bonds is 20. The van der Waals surface area contributed by atoms with Crippen LogP contribution in [0.1, 0.15) is 80.2 Å². The Bertz CT molecular complexity index is 2470. The number of carboxylic acid groups (broad SMARTS) is 1. The summed E-state index contributed by atoms with van der Waals surface area (Å²) < 4.78 is 27.8.